The fraction of sp³-hybridized carbons (Fsp3) is 0.600. The molecule has 0 saturated carbocycles. The normalized spacial score (nSPS) is 20.4. The Morgan fingerprint density at radius 1 is 1.21 bits per heavy atom. The number of hydrogen-bond donors (Lipinski definition) is 1. The fourth-order valence-corrected chi connectivity index (χ4v) is 2.97. The van der Waals surface area contributed by atoms with Gasteiger partial charge < -0.3 is 10.6 Å². The highest BCUT2D eigenvalue weighted by molar-refractivity contribution is 5.55. The van der Waals surface area contributed by atoms with E-state index in [-0.39, 0.29) is 11.4 Å². The van der Waals surface area contributed by atoms with Crippen molar-refractivity contribution < 1.29 is 8.78 Å². The van der Waals surface area contributed by atoms with Crippen molar-refractivity contribution in [2.24, 2.45) is 5.92 Å². The van der Waals surface area contributed by atoms with E-state index < -0.39 is 11.6 Å². The van der Waals surface area contributed by atoms with Crippen LogP contribution in [0.2, 0.25) is 0 Å². The first-order valence-electron chi connectivity index (χ1n) is 7.11. The van der Waals surface area contributed by atoms with Crippen molar-refractivity contribution in [2.75, 3.05) is 23.7 Å². The Bertz CT molecular complexity index is 411. The number of rotatable bonds is 3. The maximum absolute atomic E-state index is 13.9. The van der Waals surface area contributed by atoms with Gasteiger partial charge in [0.25, 0.3) is 0 Å². The standard InChI is InChI=1S/C15H22F2N2/c1-2-4-11-5-3-7-19(8-6-11)15-13(16)9-12(18)10-14(15)17/h9-11H,2-8,18H2,1H3. The molecular weight excluding hydrogens is 246 g/mol. The molecule has 2 rings (SSSR count). The summed E-state index contributed by atoms with van der Waals surface area (Å²) in [6, 6.07) is 2.40. The smallest absolute Gasteiger partial charge is 0.151 e. The minimum atomic E-state index is -0.550. The van der Waals surface area contributed by atoms with Gasteiger partial charge in [0, 0.05) is 18.8 Å². The van der Waals surface area contributed by atoms with Crippen molar-refractivity contribution in [1.29, 1.82) is 0 Å². The molecule has 0 bridgehead atoms. The van der Waals surface area contributed by atoms with E-state index in [1.54, 1.807) is 0 Å². The van der Waals surface area contributed by atoms with E-state index >= 15 is 0 Å². The maximum Gasteiger partial charge on any atom is 0.151 e. The minimum Gasteiger partial charge on any atom is -0.399 e. The van der Waals surface area contributed by atoms with E-state index in [1.807, 2.05) is 4.90 Å². The van der Waals surface area contributed by atoms with E-state index in [1.165, 1.54) is 25.0 Å². The van der Waals surface area contributed by atoms with Crippen LogP contribution in [0.25, 0.3) is 0 Å². The molecule has 19 heavy (non-hydrogen) atoms. The van der Waals surface area contributed by atoms with Gasteiger partial charge in [-0.25, -0.2) is 8.78 Å². The summed E-state index contributed by atoms with van der Waals surface area (Å²) >= 11 is 0. The van der Waals surface area contributed by atoms with Crippen LogP contribution in [0, 0.1) is 17.6 Å². The number of nitrogens with two attached hydrogens (primary N) is 1. The Kier molecular flexibility index (Phi) is 4.61. The predicted molar refractivity (Wildman–Crippen MR) is 75.2 cm³/mol. The zero-order valence-corrected chi connectivity index (χ0v) is 11.5. The number of hydrogen-bond acceptors (Lipinski definition) is 2. The lowest BCUT2D eigenvalue weighted by Gasteiger charge is -2.24. The van der Waals surface area contributed by atoms with Crippen molar-refractivity contribution in [3.05, 3.63) is 23.8 Å². The number of benzene rings is 1. The number of halogens is 2. The number of anilines is 2. The van der Waals surface area contributed by atoms with Crippen LogP contribution in [-0.2, 0) is 0 Å². The molecule has 1 atom stereocenters. The molecule has 0 radical (unpaired) electrons. The summed E-state index contributed by atoms with van der Waals surface area (Å²) in [5.74, 6) is -0.409. The molecule has 0 aliphatic carbocycles. The molecule has 1 unspecified atom stereocenters. The van der Waals surface area contributed by atoms with Gasteiger partial charge >= 0.3 is 0 Å². The predicted octanol–water partition coefficient (Wildman–Crippen LogP) is 3.95. The van der Waals surface area contributed by atoms with Crippen molar-refractivity contribution in [1.82, 2.24) is 0 Å². The Hall–Kier alpha value is -1.32. The molecule has 2 N–H and O–H groups in total. The largest absolute Gasteiger partial charge is 0.399 e. The summed E-state index contributed by atoms with van der Waals surface area (Å²) in [4.78, 5) is 1.83. The van der Waals surface area contributed by atoms with Gasteiger partial charge in [-0.15, -0.1) is 0 Å². The first-order chi connectivity index (χ1) is 9.11. The lowest BCUT2D eigenvalue weighted by Crippen LogP contribution is -2.26. The van der Waals surface area contributed by atoms with Gasteiger partial charge in [0.15, 0.2) is 11.6 Å². The molecule has 1 aromatic rings. The highest BCUT2D eigenvalue weighted by Gasteiger charge is 2.21. The maximum atomic E-state index is 13.9. The molecule has 0 spiro atoms. The fourth-order valence-electron chi connectivity index (χ4n) is 2.97. The summed E-state index contributed by atoms with van der Waals surface area (Å²) in [5, 5.41) is 0. The minimum absolute atomic E-state index is 0.0892. The van der Waals surface area contributed by atoms with E-state index in [0.717, 1.165) is 32.4 Å². The van der Waals surface area contributed by atoms with E-state index in [2.05, 4.69) is 6.92 Å². The molecule has 2 nitrogen and oxygen atoms in total. The second kappa shape index (κ2) is 6.22. The topological polar surface area (TPSA) is 29.3 Å². The number of nitrogen functional groups attached to an aromatic ring is 1. The van der Waals surface area contributed by atoms with E-state index in [9.17, 15) is 8.78 Å². The van der Waals surface area contributed by atoms with Gasteiger partial charge in [0.2, 0.25) is 0 Å². The van der Waals surface area contributed by atoms with Crippen LogP contribution in [0.3, 0.4) is 0 Å². The Labute approximate surface area is 113 Å². The third-order valence-corrected chi connectivity index (χ3v) is 3.90. The Morgan fingerprint density at radius 2 is 1.89 bits per heavy atom. The van der Waals surface area contributed by atoms with Gasteiger partial charge in [-0.3, -0.25) is 0 Å². The molecular formula is C15H22F2N2. The molecule has 106 valence electrons. The van der Waals surface area contributed by atoms with Gasteiger partial charge in [-0.05, 0) is 37.3 Å². The van der Waals surface area contributed by atoms with Crippen molar-refractivity contribution in [3.8, 4) is 0 Å². The average Bonchev–Trinajstić information content (AvgIpc) is 2.54. The molecule has 1 aromatic carbocycles. The van der Waals surface area contributed by atoms with E-state index in [4.69, 9.17) is 5.73 Å². The molecule has 1 aliphatic heterocycles. The summed E-state index contributed by atoms with van der Waals surface area (Å²) in [7, 11) is 0. The summed E-state index contributed by atoms with van der Waals surface area (Å²) in [6.07, 6.45) is 5.55. The van der Waals surface area contributed by atoms with Crippen LogP contribution >= 0.6 is 0 Å². The van der Waals surface area contributed by atoms with Gasteiger partial charge in [0.05, 0.1) is 0 Å². The SMILES string of the molecule is CCCC1CCCN(c2c(F)cc(N)cc2F)CC1. The van der Waals surface area contributed by atoms with Crippen LogP contribution in [0.4, 0.5) is 20.2 Å². The average molecular weight is 268 g/mol. The Morgan fingerprint density at radius 3 is 2.53 bits per heavy atom. The molecule has 1 fully saturated rings. The first-order valence-corrected chi connectivity index (χ1v) is 7.11. The van der Waals surface area contributed by atoms with E-state index in [0.29, 0.717) is 5.92 Å². The van der Waals surface area contributed by atoms with Crippen molar-refractivity contribution >= 4 is 11.4 Å². The molecule has 4 heteroatoms. The van der Waals surface area contributed by atoms with Gasteiger partial charge in [-0.1, -0.05) is 19.8 Å². The van der Waals surface area contributed by atoms with Crippen LogP contribution in [0.5, 0.6) is 0 Å². The second-order valence-corrected chi connectivity index (χ2v) is 5.41. The number of nitrogens with zero attached hydrogens (tertiary/aromatic N) is 1. The molecule has 0 amide bonds. The van der Waals surface area contributed by atoms with Crippen LogP contribution in [0.1, 0.15) is 39.0 Å². The summed E-state index contributed by atoms with van der Waals surface area (Å²) in [6.45, 7) is 3.63. The molecule has 1 aliphatic rings. The Balaban J connectivity index is 2.14. The van der Waals surface area contributed by atoms with Crippen LogP contribution < -0.4 is 10.6 Å². The first kappa shape index (κ1) is 14.1. The highest BCUT2D eigenvalue weighted by atomic mass is 19.1. The quantitative estimate of drug-likeness (QED) is 0.841. The van der Waals surface area contributed by atoms with Crippen LogP contribution in [-0.4, -0.2) is 13.1 Å². The molecule has 1 heterocycles. The third kappa shape index (κ3) is 3.37. The van der Waals surface area contributed by atoms with Gasteiger partial charge in [-0.2, -0.15) is 0 Å². The zero-order valence-electron chi connectivity index (χ0n) is 11.5. The lowest BCUT2D eigenvalue weighted by atomic mass is 9.96. The molecule has 1 saturated heterocycles. The lowest BCUT2D eigenvalue weighted by molar-refractivity contribution is 0.435. The zero-order chi connectivity index (χ0) is 13.8. The third-order valence-electron chi connectivity index (χ3n) is 3.90. The summed E-state index contributed by atoms with van der Waals surface area (Å²) in [5.41, 5.74) is 5.68. The monoisotopic (exact) mass is 268 g/mol. The van der Waals surface area contributed by atoms with Crippen molar-refractivity contribution in [2.45, 2.75) is 39.0 Å². The summed E-state index contributed by atoms with van der Waals surface area (Å²) < 4.78 is 27.8. The highest BCUT2D eigenvalue weighted by Crippen LogP contribution is 2.30. The second-order valence-electron chi connectivity index (χ2n) is 5.41. The van der Waals surface area contributed by atoms with Gasteiger partial charge in [0.1, 0.15) is 5.69 Å². The van der Waals surface area contributed by atoms with Crippen LogP contribution in [0.15, 0.2) is 12.1 Å². The van der Waals surface area contributed by atoms with Crippen molar-refractivity contribution in [3.63, 3.8) is 0 Å². The molecule has 0 aromatic heterocycles.